The molecule has 3 heterocycles. The molecule has 0 spiro atoms. The fourth-order valence-electron chi connectivity index (χ4n) is 2.48. The van der Waals surface area contributed by atoms with E-state index in [4.69, 9.17) is 9.26 Å². The minimum atomic E-state index is 0.0861. The molecule has 0 amide bonds. The van der Waals surface area contributed by atoms with E-state index in [0.717, 1.165) is 23.4 Å². The van der Waals surface area contributed by atoms with E-state index in [9.17, 15) is 5.11 Å². The third kappa shape index (κ3) is 2.34. The third-order valence-electron chi connectivity index (χ3n) is 3.49. The Kier molecular flexibility index (Phi) is 3.54. The number of nitrogens with zero attached hydrogens (tertiary/aromatic N) is 4. The lowest BCUT2D eigenvalue weighted by atomic mass is 10.1. The summed E-state index contributed by atoms with van der Waals surface area (Å²) in [6, 6.07) is 0. The number of hydrogen-bond acceptors (Lipinski definition) is 7. The number of aryl methyl sites for hydroxylation is 2. The van der Waals surface area contributed by atoms with Gasteiger partial charge >= 0.3 is 0 Å². The van der Waals surface area contributed by atoms with Gasteiger partial charge in [-0.25, -0.2) is 4.98 Å². The zero-order valence-corrected chi connectivity index (χ0v) is 11.7. The number of fused-ring (bicyclic) bond motifs is 1. The molecule has 108 valence electrons. The lowest BCUT2D eigenvalue weighted by Crippen LogP contribution is -2.32. The molecular formula is C13H18N4O3. The first kappa shape index (κ1) is 13.3. The molecule has 7 nitrogen and oxygen atoms in total. The van der Waals surface area contributed by atoms with Crippen LogP contribution in [0.15, 0.2) is 4.52 Å². The number of aliphatic hydroxyl groups is 1. The van der Waals surface area contributed by atoms with Crippen LogP contribution in [0.4, 0.5) is 5.82 Å². The standard InChI is InChI=1S/C13H18N4O3/c1-8-11-12(14-9(2)15-13(11)20-16-8)17-3-4-19-7-10(5-17)6-18/h10,18H,3-7H2,1-2H3. The van der Waals surface area contributed by atoms with Crippen molar-refractivity contribution in [1.82, 2.24) is 15.1 Å². The van der Waals surface area contributed by atoms with E-state index in [1.807, 2.05) is 13.8 Å². The van der Waals surface area contributed by atoms with Gasteiger partial charge in [0.25, 0.3) is 5.71 Å². The lowest BCUT2D eigenvalue weighted by Gasteiger charge is -2.24. The maximum absolute atomic E-state index is 9.39. The van der Waals surface area contributed by atoms with Crippen molar-refractivity contribution in [3.63, 3.8) is 0 Å². The van der Waals surface area contributed by atoms with Crippen LogP contribution in [-0.2, 0) is 4.74 Å². The summed E-state index contributed by atoms with van der Waals surface area (Å²) in [7, 11) is 0. The summed E-state index contributed by atoms with van der Waals surface area (Å²) in [5, 5.41) is 14.2. The van der Waals surface area contributed by atoms with E-state index in [2.05, 4.69) is 20.0 Å². The van der Waals surface area contributed by atoms with Crippen LogP contribution >= 0.6 is 0 Å². The highest BCUT2D eigenvalue weighted by molar-refractivity contribution is 5.88. The minimum Gasteiger partial charge on any atom is -0.396 e. The number of aromatic nitrogens is 3. The highest BCUT2D eigenvalue weighted by Crippen LogP contribution is 2.28. The van der Waals surface area contributed by atoms with E-state index < -0.39 is 0 Å². The van der Waals surface area contributed by atoms with Gasteiger partial charge in [-0.2, -0.15) is 4.98 Å². The summed E-state index contributed by atoms with van der Waals surface area (Å²) in [6.45, 7) is 6.43. The van der Waals surface area contributed by atoms with Crippen LogP contribution in [0.1, 0.15) is 11.5 Å². The van der Waals surface area contributed by atoms with E-state index in [-0.39, 0.29) is 12.5 Å². The van der Waals surface area contributed by atoms with Crippen molar-refractivity contribution in [3.05, 3.63) is 11.5 Å². The first-order valence-corrected chi connectivity index (χ1v) is 6.73. The maximum atomic E-state index is 9.39. The molecule has 7 heteroatoms. The zero-order chi connectivity index (χ0) is 14.1. The van der Waals surface area contributed by atoms with Crippen LogP contribution < -0.4 is 4.90 Å². The van der Waals surface area contributed by atoms with Crippen molar-refractivity contribution in [3.8, 4) is 0 Å². The molecular weight excluding hydrogens is 260 g/mol. The highest BCUT2D eigenvalue weighted by Gasteiger charge is 2.23. The first-order valence-electron chi connectivity index (χ1n) is 6.73. The highest BCUT2D eigenvalue weighted by atomic mass is 16.5. The SMILES string of the molecule is Cc1nc(N2CCOCC(CO)C2)c2c(C)noc2n1. The fourth-order valence-corrected chi connectivity index (χ4v) is 2.48. The molecule has 2 aromatic heterocycles. The summed E-state index contributed by atoms with van der Waals surface area (Å²) in [6.07, 6.45) is 0. The van der Waals surface area contributed by atoms with Gasteiger partial charge in [0.15, 0.2) is 0 Å². The summed E-state index contributed by atoms with van der Waals surface area (Å²) in [5.41, 5.74) is 1.29. The van der Waals surface area contributed by atoms with Crippen molar-refractivity contribution < 1.29 is 14.4 Å². The normalized spacial score (nSPS) is 20.4. The Labute approximate surface area is 116 Å². The summed E-state index contributed by atoms with van der Waals surface area (Å²) in [4.78, 5) is 10.9. The van der Waals surface area contributed by atoms with Gasteiger partial charge in [0.05, 0.1) is 18.9 Å². The molecule has 20 heavy (non-hydrogen) atoms. The van der Waals surface area contributed by atoms with Gasteiger partial charge in [-0.1, -0.05) is 5.16 Å². The molecule has 3 rings (SSSR count). The Balaban J connectivity index is 2.05. The van der Waals surface area contributed by atoms with Crippen LogP contribution in [0.25, 0.3) is 11.1 Å². The number of hydrogen-bond donors (Lipinski definition) is 1. The topological polar surface area (TPSA) is 84.5 Å². The summed E-state index contributed by atoms with van der Waals surface area (Å²) in [5.74, 6) is 1.55. The third-order valence-corrected chi connectivity index (χ3v) is 3.49. The maximum Gasteiger partial charge on any atom is 0.263 e. The second kappa shape index (κ2) is 5.34. The average molecular weight is 278 g/mol. The molecule has 0 aliphatic carbocycles. The van der Waals surface area contributed by atoms with Gasteiger partial charge in [-0.15, -0.1) is 0 Å². The molecule has 0 saturated carbocycles. The molecule has 1 fully saturated rings. The quantitative estimate of drug-likeness (QED) is 0.864. The van der Waals surface area contributed by atoms with Crippen molar-refractivity contribution in [1.29, 1.82) is 0 Å². The van der Waals surface area contributed by atoms with E-state index >= 15 is 0 Å². The predicted octanol–water partition coefficient (Wildman–Crippen LogP) is 0.680. The number of aliphatic hydroxyl groups excluding tert-OH is 1. The van der Waals surface area contributed by atoms with Gasteiger partial charge in [-0.3, -0.25) is 0 Å². The summed E-state index contributed by atoms with van der Waals surface area (Å²) >= 11 is 0. The molecule has 2 aromatic rings. The van der Waals surface area contributed by atoms with Crippen molar-refractivity contribution in [2.75, 3.05) is 37.8 Å². The van der Waals surface area contributed by atoms with Crippen LogP contribution in [0.3, 0.4) is 0 Å². The van der Waals surface area contributed by atoms with E-state index in [1.165, 1.54) is 0 Å². The molecule has 1 atom stereocenters. The van der Waals surface area contributed by atoms with Crippen molar-refractivity contribution in [2.45, 2.75) is 13.8 Å². The van der Waals surface area contributed by atoms with Crippen LogP contribution in [0, 0.1) is 19.8 Å². The molecule has 1 N–H and O–H groups in total. The van der Waals surface area contributed by atoms with Gasteiger partial charge in [0, 0.05) is 25.6 Å². The zero-order valence-electron chi connectivity index (χ0n) is 11.7. The number of anilines is 1. The molecule has 1 aliphatic rings. The Bertz CT molecular complexity index is 613. The number of ether oxygens (including phenoxy) is 1. The second-order valence-electron chi connectivity index (χ2n) is 5.11. The first-order chi connectivity index (χ1) is 9.69. The molecule has 0 radical (unpaired) electrons. The lowest BCUT2D eigenvalue weighted by molar-refractivity contribution is 0.0959. The largest absolute Gasteiger partial charge is 0.396 e. The Morgan fingerprint density at radius 1 is 1.35 bits per heavy atom. The fraction of sp³-hybridized carbons (Fsp3) is 0.615. The smallest absolute Gasteiger partial charge is 0.263 e. The Hall–Kier alpha value is -1.73. The number of rotatable bonds is 2. The van der Waals surface area contributed by atoms with Crippen molar-refractivity contribution in [2.24, 2.45) is 5.92 Å². The average Bonchev–Trinajstić information content (AvgIpc) is 2.67. The monoisotopic (exact) mass is 278 g/mol. The summed E-state index contributed by atoms with van der Waals surface area (Å²) < 4.78 is 10.8. The van der Waals surface area contributed by atoms with Crippen molar-refractivity contribution >= 4 is 16.9 Å². The molecule has 1 saturated heterocycles. The molecule has 0 bridgehead atoms. The van der Waals surface area contributed by atoms with Gasteiger partial charge in [0.1, 0.15) is 17.0 Å². The Morgan fingerprint density at radius 2 is 2.20 bits per heavy atom. The van der Waals surface area contributed by atoms with Gasteiger partial charge < -0.3 is 19.3 Å². The van der Waals surface area contributed by atoms with Crippen LogP contribution in [0.2, 0.25) is 0 Å². The minimum absolute atomic E-state index is 0.0861. The second-order valence-corrected chi connectivity index (χ2v) is 5.11. The van der Waals surface area contributed by atoms with Crippen LogP contribution in [-0.4, -0.2) is 53.1 Å². The van der Waals surface area contributed by atoms with Gasteiger partial charge in [0.2, 0.25) is 0 Å². The molecule has 0 aromatic carbocycles. The Morgan fingerprint density at radius 3 is 3.00 bits per heavy atom. The van der Waals surface area contributed by atoms with E-state index in [1.54, 1.807) is 0 Å². The molecule has 1 unspecified atom stereocenters. The predicted molar refractivity (Wildman–Crippen MR) is 72.7 cm³/mol. The molecule has 1 aliphatic heterocycles. The van der Waals surface area contributed by atoms with Crippen LogP contribution in [0.5, 0.6) is 0 Å². The van der Waals surface area contributed by atoms with Gasteiger partial charge in [-0.05, 0) is 13.8 Å². The van der Waals surface area contributed by atoms with E-state index in [0.29, 0.717) is 31.3 Å².